The number of alkyl carbamates (subject to hydrolysis) is 1. The number of carbonyl (C=O) groups excluding carboxylic acids is 1. The molecule has 0 saturated carbocycles. The van der Waals surface area contributed by atoms with Gasteiger partial charge in [0.15, 0.2) is 0 Å². The first-order chi connectivity index (χ1) is 10.8. The first-order valence-electron chi connectivity index (χ1n) is 7.63. The Balaban J connectivity index is 1.87. The highest BCUT2D eigenvalue weighted by atomic mass is 16.5. The van der Waals surface area contributed by atoms with Crippen LogP contribution in [0.2, 0.25) is 0 Å². The Hall–Kier alpha value is -1.63. The molecule has 6 heteroatoms. The third-order valence-corrected chi connectivity index (χ3v) is 2.81. The molecule has 3 N–H and O–H groups in total. The molecule has 0 unspecified atom stereocenters. The monoisotopic (exact) mass is 310 g/mol. The van der Waals surface area contributed by atoms with E-state index in [9.17, 15) is 4.79 Å². The van der Waals surface area contributed by atoms with Gasteiger partial charge in [-0.3, -0.25) is 0 Å². The van der Waals surface area contributed by atoms with Gasteiger partial charge in [-0.15, -0.1) is 0 Å². The minimum atomic E-state index is -0.408. The van der Waals surface area contributed by atoms with Crippen LogP contribution in [0.1, 0.15) is 18.4 Å². The van der Waals surface area contributed by atoms with E-state index >= 15 is 0 Å². The maximum Gasteiger partial charge on any atom is 0.407 e. The normalized spacial score (nSPS) is 10.4. The molecule has 0 aliphatic heterocycles. The number of rotatable bonds is 12. The Bertz CT molecular complexity index is 387. The molecule has 0 aromatic heterocycles. The molecule has 0 aliphatic rings. The van der Waals surface area contributed by atoms with Gasteiger partial charge in [0.05, 0.1) is 13.2 Å². The molecule has 22 heavy (non-hydrogen) atoms. The van der Waals surface area contributed by atoms with Gasteiger partial charge in [0.25, 0.3) is 0 Å². The maximum atomic E-state index is 11.4. The largest absolute Gasteiger partial charge is 0.445 e. The van der Waals surface area contributed by atoms with E-state index in [2.05, 4.69) is 5.32 Å². The molecule has 0 heterocycles. The van der Waals surface area contributed by atoms with Crippen LogP contribution < -0.4 is 11.1 Å². The standard InChI is InChI=1S/C16H26N2O4/c17-8-4-10-20-12-13-21-11-5-9-18-16(19)22-14-15-6-2-1-3-7-15/h1-3,6-7H,4-5,8-14,17H2,(H,18,19). The summed E-state index contributed by atoms with van der Waals surface area (Å²) < 4.78 is 15.8. The summed E-state index contributed by atoms with van der Waals surface area (Å²) in [5, 5.41) is 2.69. The SMILES string of the molecule is NCCCOCCOCCCNC(=O)OCc1ccccc1. The first kappa shape index (κ1) is 18.4. The van der Waals surface area contributed by atoms with E-state index in [-0.39, 0.29) is 6.61 Å². The van der Waals surface area contributed by atoms with Crippen LogP contribution in [0, 0.1) is 0 Å². The van der Waals surface area contributed by atoms with Crippen LogP contribution in [0.5, 0.6) is 0 Å². The van der Waals surface area contributed by atoms with Crippen molar-refractivity contribution in [3.63, 3.8) is 0 Å². The van der Waals surface area contributed by atoms with Crippen LogP contribution in [0.4, 0.5) is 4.79 Å². The zero-order chi connectivity index (χ0) is 15.9. The molecule has 1 amide bonds. The minimum Gasteiger partial charge on any atom is -0.445 e. The summed E-state index contributed by atoms with van der Waals surface area (Å²) in [7, 11) is 0. The molecule has 1 rings (SSSR count). The molecule has 0 aliphatic carbocycles. The lowest BCUT2D eigenvalue weighted by Gasteiger charge is -2.08. The Kier molecular flexibility index (Phi) is 10.9. The summed E-state index contributed by atoms with van der Waals surface area (Å²) in [4.78, 5) is 11.4. The van der Waals surface area contributed by atoms with E-state index in [0.29, 0.717) is 39.5 Å². The molecule has 0 spiro atoms. The lowest BCUT2D eigenvalue weighted by Crippen LogP contribution is -2.26. The van der Waals surface area contributed by atoms with Crippen LogP contribution in [-0.4, -0.2) is 45.6 Å². The van der Waals surface area contributed by atoms with E-state index in [1.807, 2.05) is 30.3 Å². The van der Waals surface area contributed by atoms with Gasteiger partial charge in [0, 0.05) is 19.8 Å². The Morgan fingerprint density at radius 1 is 1.00 bits per heavy atom. The van der Waals surface area contributed by atoms with Crippen LogP contribution in [0.3, 0.4) is 0 Å². The molecule has 124 valence electrons. The molecule has 6 nitrogen and oxygen atoms in total. The highest BCUT2D eigenvalue weighted by molar-refractivity contribution is 5.67. The number of ether oxygens (including phenoxy) is 3. The van der Waals surface area contributed by atoms with E-state index < -0.39 is 6.09 Å². The zero-order valence-electron chi connectivity index (χ0n) is 13.0. The molecular formula is C16H26N2O4. The molecule has 0 saturated heterocycles. The van der Waals surface area contributed by atoms with Crippen molar-refractivity contribution in [1.29, 1.82) is 0 Å². The molecule has 0 fully saturated rings. The zero-order valence-corrected chi connectivity index (χ0v) is 13.0. The lowest BCUT2D eigenvalue weighted by atomic mass is 10.2. The van der Waals surface area contributed by atoms with Crippen LogP contribution in [0.15, 0.2) is 30.3 Å². The van der Waals surface area contributed by atoms with Gasteiger partial charge < -0.3 is 25.3 Å². The summed E-state index contributed by atoms with van der Waals surface area (Å²) in [5.74, 6) is 0. The fraction of sp³-hybridized carbons (Fsp3) is 0.562. The molecular weight excluding hydrogens is 284 g/mol. The predicted molar refractivity (Wildman–Crippen MR) is 84.6 cm³/mol. The topological polar surface area (TPSA) is 82.8 Å². The number of hydrogen-bond donors (Lipinski definition) is 2. The lowest BCUT2D eigenvalue weighted by molar-refractivity contribution is 0.0465. The average Bonchev–Trinajstić information content (AvgIpc) is 2.55. The maximum absolute atomic E-state index is 11.4. The summed E-state index contributed by atoms with van der Waals surface area (Å²) >= 11 is 0. The average molecular weight is 310 g/mol. The number of nitrogens with one attached hydrogen (secondary N) is 1. The van der Waals surface area contributed by atoms with Crippen molar-refractivity contribution in [2.24, 2.45) is 5.73 Å². The summed E-state index contributed by atoms with van der Waals surface area (Å²) in [6.45, 7) is 3.85. The van der Waals surface area contributed by atoms with Gasteiger partial charge in [0.1, 0.15) is 6.61 Å². The van der Waals surface area contributed by atoms with Gasteiger partial charge in [-0.25, -0.2) is 4.79 Å². The van der Waals surface area contributed by atoms with Crippen LogP contribution in [-0.2, 0) is 20.8 Å². The fourth-order valence-corrected chi connectivity index (χ4v) is 1.65. The predicted octanol–water partition coefficient (Wildman–Crippen LogP) is 1.68. The molecule has 0 radical (unpaired) electrons. The van der Waals surface area contributed by atoms with E-state index in [4.69, 9.17) is 19.9 Å². The first-order valence-corrected chi connectivity index (χ1v) is 7.63. The Labute approximate surface area is 131 Å². The van der Waals surface area contributed by atoms with Crippen LogP contribution >= 0.6 is 0 Å². The van der Waals surface area contributed by atoms with Crippen molar-refractivity contribution in [2.45, 2.75) is 19.4 Å². The van der Waals surface area contributed by atoms with Gasteiger partial charge >= 0.3 is 6.09 Å². The highest BCUT2D eigenvalue weighted by Crippen LogP contribution is 2.00. The number of benzene rings is 1. The van der Waals surface area contributed by atoms with Gasteiger partial charge in [-0.05, 0) is 24.9 Å². The molecule has 1 aromatic rings. The van der Waals surface area contributed by atoms with Crippen molar-refractivity contribution in [1.82, 2.24) is 5.32 Å². The second-order valence-corrected chi connectivity index (χ2v) is 4.71. The smallest absolute Gasteiger partial charge is 0.407 e. The van der Waals surface area contributed by atoms with Gasteiger partial charge in [0.2, 0.25) is 0 Å². The Morgan fingerprint density at radius 2 is 1.68 bits per heavy atom. The van der Waals surface area contributed by atoms with Gasteiger partial charge in [-0.1, -0.05) is 30.3 Å². The summed E-state index contributed by atoms with van der Waals surface area (Å²) in [5.41, 5.74) is 6.32. The second-order valence-electron chi connectivity index (χ2n) is 4.71. The second kappa shape index (κ2) is 13.1. The molecule has 0 atom stereocenters. The quantitative estimate of drug-likeness (QED) is 0.574. The van der Waals surface area contributed by atoms with Crippen molar-refractivity contribution in [3.8, 4) is 0 Å². The number of carbonyl (C=O) groups is 1. The van der Waals surface area contributed by atoms with E-state index in [0.717, 1.165) is 18.4 Å². The minimum absolute atomic E-state index is 0.281. The number of amides is 1. The van der Waals surface area contributed by atoms with Crippen molar-refractivity contribution < 1.29 is 19.0 Å². The van der Waals surface area contributed by atoms with Crippen LogP contribution in [0.25, 0.3) is 0 Å². The van der Waals surface area contributed by atoms with E-state index in [1.54, 1.807) is 0 Å². The Morgan fingerprint density at radius 3 is 2.36 bits per heavy atom. The summed E-state index contributed by atoms with van der Waals surface area (Å²) in [6, 6.07) is 9.57. The number of hydrogen-bond acceptors (Lipinski definition) is 5. The van der Waals surface area contributed by atoms with E-state index in [1.165, 1.54) is 0 Å². The highest BCUT2D eigenvalue weighted by Gasteiger charge is 2.01. The third kappa shape index (κ3) is 10.1. The third-order valence-electron chi connectivity index (χ3n) is 2.81. The van der Waals surface area contributed by atoms with Crippen molar-refractivity contribution in [3.05, 3.63) is 35.9 Å². The van der Waals surface area contributed by atoms with Crippen molar-refractivity contribution in [2.75, 3.05) is 39.5 Å². The molecule has 1 aromatic carbocycles. The summed E-state index contributed by atoms with van der Waals surface area (Å²) in [6.07, 6.45) is 1.20. The van der Waals surface area contributed by atoms with Gasteiger partial charge in [-0.2, -0.15) is 0 Å². The van der Waals surface area contributed by atoms with Crippen molar-refractivity contribution >= 4 is 6.09 Å². The fourth-order valence-electron chi connectivity index (χ4n) is 1.65. The molecule has 0 bridgehead atoms. The number of nitrogens with two attached hydrogens (primary N) is 1.